The number of carbonyl (C=O) groups is 1. The molecule has 0 heterocycles. The fraction of sp³-hybridized carbons (Fsp3) is 0.889. The summed E-state index contributed by atoms with van der Waals surface area (Å²) >= 11 is 0. The maximum absolute atomic E-state index is 11.3. The lowest BCUT2D eigenvalue weighted by Crippen LogP contribution is -2.56. The van der Waals surface area contributed by atoms with Gasteiger partial charge in [0.05, 0.1) is 0 Å². The van der Waals surface area contributed by atoms with Gasteiger partial charge in [0.2, 0.25) is 0 Å². The van der Waals surface area contributed by atoms with Crippen molar-refractivity contribution in [2.45, 2.75) is 31.7 Å². The Morgan fingerprint density at radius 1 is 1.62 bits per heavy atom. The summed E-state index contributed by atoms with van der Waals surface area (Å²) in [7, 11) is 1.78. The van der Waals surface area contributed by atoms with Gasteiger partial charge in [0.1, 0.15) is 0 Å². The standard InChI is InChI=1S/C9H19N3O/c1-3-12(2)8(13)11-7-9(10)5-4-6-9/h3-7,10H2,1-2H3,(H,11,13). The Labute approximate surface area is 79.5 Å². The second-order valence-electron chi connectivity index (χ2n) is 3.89. The molecule has 0 spiro atoms. The molecule has 0 radical (unpaired) electrons. The number of nitrogens with two attached hydrogens (primary N) is 1. The van der Waals surface area contributed by atoms with E-state index in [0.29, 0.717) is 6.54 Å². The van der Waals surface area contributed by atoms with Crippen LogP contribution in [0.1, 0.15) is 26.2 Å². The Morgan fingerprint density at radius 3 is 2.62 bits per heavy atom. The first-order valence-electron chi connectivity index (χ1n) is 4.85. The Hall–Kier alpha value is -0.770. The molecule has 0 unspecified atom stereocenters. The van der Waals surface area contributed by atoms with Crippen molar-refractivity contribution in [1.82, 2.24) is 10.2 Å². The molecule has 1 saturated carbocycles. The molecule has 0 bridgehead atoms. The highest BCUT2D eigenvalue weighted by Gasteiger charge is 2.32. The van der Waals surface area contributed by atoms with Crippen molar-refractivity contribution < 1.29 is 4.79 Å². The highest BCUT2D eigenvalue weighted by Crippen LogP contribution is 2.27. The zero-order valence-corrected chi connectivity index (χ0v) is 8.47. The summed E-state index contributed by atoms with van der Waals surface area (Å²) < 4.78 is 0. The second kappa shape index (κ2) is 3.96. The molecule has 0 aromatic carbocycles. The van der Waals surface area contributed by atoms with Gasteiger partial charge < -0.3 is 16.0 Å². The molecule has 1 aliphatic carbocycles. The number of amides is 2. The quantitative estimate of drug-likeness (QED) is 0.674. The molecule has 1 aliphatic rings. The number of urea groups is 1. The van der Waals surface area contributed by atoms with Crippen molar-refractivity contribution in [2.75, 3.05) is 20.1 Å². The van der Waals surface area contributed by atoms with Crippen LogP contribution in [0.25, 0.3) is 0 Å². The van der Waals surface area contributed by atoms with Crippen LogP contribution in [0.15, 0.2) is 0 Å². The molecule has 4 nitrogen and oxygen atoms in total. The molecule has 0 atom stereocenters. The molecule has 1 fully saturated rings. The highest BCUT2D eigenvalue weighted by molar-refractivity contribution is 5.73. The molecule has 1 rings (SSSR count). The Bertz CT molecular complexity index is 189. The predicted molar refractivity (Wildman–Crippen MR) is 52.5 cm³/mol. The monoisotopic (exact) mass is 185 g/mol. The summed E-state index contributed by atoms with van der Waals surface area (Å²) in [6, 6.07) is -0.0285. The summed E-state index contributed by atoms with van der Waals surface area (Å²) in [6.07, 6.45) is 3.25. The number of hydrogen-bond acceptors (Lipinski definition) is 2. The van der Waals surface area contributed by atoms with Gasteiger partial charge in [-0.1, -0.05) is 0 Å². The van der Waals surface area contributed by atoms with E-state index in [1.807, 2.05) is 6.92 Å². The third-order valence-electron chi connectivity index (χ3n) is 2.76. The Morgan fingerprint density at radius 2 is 2.23 bits per heavy atom. The zero-order chi connectivity index (χ0) is 9.90. The molecule has 0 saturated heterocycles. The maximum atomic E-state index is 11.3. The fourth-order valence-corrected chi connectivity index (χ4v) is 1.34. The molecule has 76 valence electrons. The SMILES string of the molecule is CCN(C)C(=O)NCC1(N)CCC1. The van der Waals surface area contributed by atoms with Crippen molar-refractivity contribution in [2.24, 2.45) is 5.73 Å². The summed E-state index contributed by atoms with van der Waals surface area (Å²) in [5.41, 5.74) is 5.84. The number of nitrogens with one attached hydrogen (secondary N) is 1. The van der Waals surface area contributed by atoms with E-state index in [-0.39, 0.29) is 11.6 Å². The third kappa shape index (κ3) is 2.59. The molecule has 4 heteroatoms. The fourth-order valence-electron chi connectivity index (χ4n) is 1.34. The molecule has 3 N–H and O–H groups in total. The van der Waals surface area contributed by atoms with Crippen LogP contribution in [-0.4, -0.2) is 36.6 Å². The topological polar surface area (TPSA) is 58.4 Å². The van der Waals surface area contributed by atoms with Gasteiger partial charge in [-0.25, -0.2) is 4.79 Å². The van der Waals surface area contributed by atoms with Crippen LogP contribution in [0.4, 0.5) is 4.79 Å². The first kappa shape index (κ1) is 10.3. The molecule has 0 aromatic rings. The average Bonchev–Trinajstić information content (AvgIpc) is 2.09. The minimum atomic E-state index is -0.121. The lowest BCUT2D eigenvalue weighted by Gasteiger charge is -2.38. The Balaban J connectivity index is 2.21. The van der Waals surface area contributed by atoms with Gasteiger partial charge >= 0.3 is 6.03 Å². The van der Waals surface area contributed by atoms with E-state index in [0.717, 1.165) is 19.4 Å². The van der Waals surface area contributed by atoms with E-state index in [9.17, 15) is 4.79 Å². The third-order valence-corrected chi connectivity index (χ3v) is 2.76. The molecule has 13 heavy (non-hydrogen) atoms. The van der Waals surface area contributed by atoms with Crippen molar-refractivity contribution >= 4 is 6.03 Å². The van der Waals surface area contributed by atoms with Crippen molar-refractivity contribution in [3.05, 3.63) is 0 Å². The minimum Gasteiger partial charge on any atom is -0.336 e. The van der Waals surface area contributed by atoms with E-state index >= 15 is 0 Å². The number of nitrogens with zero attached hydrogens (tertiary/aromatic N) is 1. The largest absolute Gasteiger partial charge is 0.336 e. The second-order valence-corrected chi connectivity index (χ2v) is 3.89. The van der Waals surface area contributed by atoms with Crippen molar-refractivity contribution in [1.29, 1.82) is 0 Å². The minimum absolute atomic E-state index is 0.0285. The van der Waals surface area contributed by atoms with Gasteiger partial charge in [-0.15, -0.1) is 0 Å². The van der Waals surface area contributed by atoms with Crippen LogP contribution in [0, 0.1) is 0 Å². The molecule has 2 amide bonds. The summed E-state index contributed by atoms with van der Waals surface area (Å²) in [6.45, 7) is 3.28. The van der Waals surface area contributed by atoms with Crippen LogP contribution < -0.4 is 11.1 Å². The van der Waals surface area contributed by atoms with E-state index in [1.165, 1.54) is 6.42 Å². The summed E-state index contributed by atoms with van der Waals surface area (Å²) in [4.78, 5) is 13.0. The zero-order valence-electron chi connectivity index (χ0n) is 8.47. The van der Waals surface area contributed by atoms with Crippen molar-refractivity contribution in [3.63, 3.8) is 0 Å². The highest BCUT2D eigenvalue weighted by atomic mass is 16.2. The number of carbonyl (C=O) groups excluding carboxylic acids is 1. The summed E-state index contributed by atoms with van der Waals surface area (Å²) in [5.74, 6) is 0. The van der Waals surface area contributed by atoms with E-state index in [4.69, 9.17) is 5.73 Å². The molecule has 0 aliphatic heterocycles. The van der Waals surface area contributed by atoms with Gasteiger partial charge in [0.25, 0.3) is 0 Å². The van der Waals surface area contributed by atoms with Crippen LogP contribution in [0.3, 0.4) is 0 Å². The number of rotatable bonds is 3. The lowest BCUT2D eigenvalue weighted by atomic mass is 9.78. The van der Waals surface area contributed by atoms with E-state index in [2.05, 4.69) is 5.32 Å². The van der Waals surface area contributed by atoms with Gasteiger partial charge in [-0.05, 0) is 26.2 Å². The first-order chi connectivity index (χ1) is 6.07. The van der Waals surface area contributed by atoms with Gasteiger partial charge in [0, 0.05) is 25.7 Å². The molecular formula is C9H19N3O. The maximum Gasteiger partial charge on any atom is 0.317 e. The predicted octanol–water partition coefficient (Wildman–Crippen LogP) is 0.529. The van der Waals surface area contributed by atoms with Crippen LogP contribution in [-0.2, 0) is 0 Å². The smallest absolute Gasteiger partial charge is 0.317 e. The number of hydrogen-bond donors (Lipinski definition) is 2. The van der Waals surface area contributed by atoms with Crippen LogP contribution >= 0.6 is 0 Å². The average molecular weight is 185 g/mol. The van der Waals surface area contributed by atoms with Gasteiger partial charge in [-0.3, -0.25) is 0 Å². The van der Waals surface area contributed by atoms with Gasteiger partial charge in [-0.2, -0.15) is 0 Å². The molecule has 0 aromatic heterocycles. The van der Waals surface area contributed by atoms with Crippen molar-refractivity contribution in [3.8, 4) is 0 Å². The Kier molecular flexibility index (Phi) is 3.14. The summed E-state index contributed by atoms with van der Waals surface area (Å²) in [5, 5.41) is 2.84. The first-order valence-corrected chi connectivity index (χ1v) is 4.85. The van der Waals surface area contributed by atoms with Gasteiger partial charge in [0.15, 0.2) is 0 Å². The van der Waals surface area contributed by atoms with E-state index in [1.54, 1.807) is 11.9 Å². The van der Waals surface area contributed by atoms with Crippen LogP contribution in [0.5, 0.6) is 0 Å². The molecular weight excluding hydrogens is 166 g/mol. The lowest BCUT2D eigenvalue weighted by molar-refractivity contribution is 0.195. The van der Waals surface area contributed by atoms with E-state index < -0.39 is 0 Å². The normalized spacial score (nSPS) is 19.0. The van der Waals surface area contributed by atoms with Crippen LogP contribution in [0.2, 0.25) is 0 Å².